The molecule has 0 unspecified atom stereocenters. The van der Waals surface area contributed by atoms with Gasteiger partial charge in [-0.1, -0.05) is 54.6 Å². The van der Waals surface area contributed by atoms with Gasteiger partial charge in [-0.3, -0.25) is 14.4 Å². The highest BCUT2D eigenvalue weighted by molar-refractivity contribution is 6.30. The van der Waals surface area contributed by atoms with Crippen molar-refractivity contribution in [1.29, 1.82) is 0 Å². The lowest BCUT2D eigenvalue weighted by molar-refractivity contribution is 0.0977. The number of hydrogen-bond donors (Lipinski definition) is 1. The summed E-state index contributed by atoms with van der Waals surface area (Å²) in [7, 11) is 0. The van der Waals surface area contributed by atoms with E-state index in [0.29, 0.717) is 22.4 Å². The SMILES string of the molecule is Cc1c(C(=O)Nc2cccc3c2C(=O)c2ccccc2C3=O)oc2ccccc12. The lowest BCUT2D eigenvalue weighted by atomic mass is 9.83. The Balaban J connectivity index is 1.58. The van der Waals surface area contributed by atoms with Crippen molar-refractivity contribution in [3.8, 4) is 0 Å². The molecule has 5 nitrogen and oxygen atoms in total. The van der Waals surface area contributed by atoms with Crippen LogP contribution < -0.4 is 5.32 Å². The van der Waals surface area contributed by atoms with E-state index in [2.05, 4.69) is 5.32 Å². The molecule has 1 heterocycles. The van der Waals surface area contributed by atoms with Crippen molar-refractivity contribution >= 4 is 34.1 Å². The molecule has 140 valence electrons. The molecule has 0 saturated carbocycles. The van der Waals surface area contributed by atoms with E-state index in [4.69, 9.17) is 4.42 Å². The maximum Gasteiger partial charge on any atom is 0.291 e. The standard InChI is InChI=1S/C24H15NO4/c1-13-14-7-4-5-12-19(14)29-23(13)24(28)25-18-11-6-10-17-20(18)22(27)16-9-3-2-8-15(16)21(17)26/h2-12H,1H3,(H,25,28). The molecule has 0 atom stereocenters. The van der Waals surface area contributed by atoms with Crippen LogP contribution in [0.5, 0.6) is 0 Å². The number of benzene rings is 3. The van der Waals surface area contributed by atoms with E-state index in [9.17, 15) is 14.4 Å². The zero-order valence-corrected chi connectivity index (χ0v) is 15.5. The number of anilines is 1. The summed E-state index contributed by atoms with van der Waals surface area (Å²) < 4.78 is 5.72. The first-order valence-corrected chi connectivity index (χ1v) is 9.17. The Hall–Kier alpha value is -3.99. The molecule has 0 bridgehead atoms. The van der Waals surface area contributed by atoms with Gasteiger partial charge in [0.25, 0.3) is 5.91 Å². The summed E-state index contributed by atoms with van der Waals surface area (Å²) in [6.07, 6.45) is 0. The molecule has 0 saturated heterocycles. The number of fused-ring (bicyclic) bond motifs is 3. The molecule has 3 aromatic carbocycles. The fourth-order valence-corrected chi connectivity index (χ4v) is 3.82. The predicted octanol–water partition coefficient (Wildman–Crippen LogP) is 4.77. The molecular weight excluding hydrogens is 366 g/mol. The Morgan fingerprint density at radius 2 is 1.45 bits per heavy atom. The van der Waals surface area contributed by atoms with Crippen molar-refractivity contribution in [3.63, 3.8) is 0 Å². The molecule has 0 aliphatic heterocycles. The van der Waals surface area contributed by atoms with Gasteiger partial charge in [0, 0.05) is 27.6 Å². The van der Waals surface area contributed by atoms with Gasteiger partial charge in [-0.15, -0.1) is 0 Å². The first kappa shape index (κ1) is 17.1. The first-order valence-electron chi connectivity index (χ1n) is 9.17. The van der Waals surface area contributed by atoms with Crippen LogP contribution >= 0.6 is 0 Å². The van der Waals surface area contributed by atoms with Crippen LogP contribution in [0.25, 0.3) is 11.0 Å². The second kappa shape index (κ2) is 6.27. The highest BCUT2D eigenvalue weighted by Gasteiger charge is 2.32. The summed E-state index contributed by atoms with van der Waals surface area (Å²) in [6, 6.07) is 19.0. The topological polar surface area (TPSA) is 76.4 Å². The molecule has 1 aliphatic rings. The van der Waals surface area contributed by atoms with Crippen LogP contribution in [-0.2, 0) is 0 Å². The number of carbonyl (C=O) groups is 3. The smallest absolute Gasteiger partial charge is 0.291 e. The first-order chi connectivity index (χ1) is 14.1. The van der Waals surface area contributed by atoms with Gasteiger partial charge in [-0.05, 0) is 19.1 Å². The normalized spacial score (nSPS) is 12.6. The molecule has 1 aliphatic carbocycles. The number of furan rings is 1. The molecule has 4 aromatic rings. The largest absolute Gasteiger partial charge is 0.451 e. The maximum atomic E-state index is 13.1. The van der Waals surface area contributed by atoms with Gasteiger partial charge in [0.2, 0.25) is 0 Å². The zero-order valence-electron chi connectivity index (χ0n) is 15.5. The number of rotatable bonds is 2. The predicted molar refractivity (Wildman–Crippen MR) is 109 cm³/mol. The Morgan fingerprint density at radius 3 is 2.21 bits per heavy atom. The quantitative estimate of drug-likeness (QED) is 0.478. The minimum absolute atomic E-state index is 0.179. The lowest BCUT2D eigenvalue weighted by Crippen LogP contribution is -2.24. The third kappa shape index (κ3) is 2.51. The fourth-order valence-electron chi connectivity index (χ4n) is 3.82. The van der Waals surface area contributed by atoms with Gasteiger partial charge in [-0.2, -0.15) is 0 Å². The van der Waals surface area contributed by atoms with E-state index in [-0.39, 0.29) is 28.5 Å². The minimum Gasteiger partial charge on any atom is -0.451 e. The summed E-state index contributed by atoms with van der Waals surface area (Å²) in [6.45, 7) is 1.81. The van der Waals surface area contributed by atoms with Crippen LogP contribution in [0.1, 0.15) is 48.0 Å². The number of ketones is 2. The van der Waals surface area contributed by atoms with Crippen LogP contribution in [0.15, 0.2) is 71.1 Å². The number of para-hydroxylation sites is 1. The fraction of sp³-hybridized carbons (Fsp3) is 0.0417. The molecule has 0 radical (unpaired) electrons. The van der Waals surface area contributed by atoms with Gasteiger partial charge < -0.3 is 9.73 Å². The van der Waals surface area contributed by atoms with E-state index in [1.54, 1.807) is 48.5 Å². The van der Waals surface area contributed by atoms with Gasteiger partial charge in [-0.25, -0.2) is 0 Å². The maximum absolute atomic E-state index is 13.1. The van der Waals surface area contributed by atoms with Crippen molar-refractivity contribution in [1.82, 2.24) is 0 Å². The summed E-state index contributed by atoms with van der Waals surface area (Å²) in [5, 5.41) is 3.62. The number of hydrogen-bond acceptors (Lipinski definition) is 4. The number of aryl methyl sites for hydroxylation is 1. The average molecular weight is 381 g/mol. The Labute approximate surface area is 166 Å². The summed E-state index contributed by atoms with van der Waals surface area (Å²) in [5.74, 6) is -0.802. The third-order valence-electron chi connectivity index (χ3n) is 5.25. The Kier molecular flexibility index (Phi) is 3.71. The Bertz CT molecular complexity index is 1350. The van der Waals surface area contributed by atoms with Crippen LogP contribution in [0.2, 0.25) is 0 Å². The van der Waals surface area contributed by atoms with Crippen LogP contribution in [0, 0.1) is 6.92 Å². The van der Waals surface area contributed by atoms with E-state index >= 15 is 0 Å². The molecular formula is C24H15NO4. The van der Waals surface area contributed by atoms with Crippen LogP contribution in [0.4, 0.5) is 5.69 Å². The van der Waals surface area contributed by atoms with Crippen molar-refractivity contribution in [2.75, 3.05) is 5.32 Å². The van der Waals surface area contributed by atoms with Crippen molar-refractivity contribution < 1.29 is 18.8 Å². The van der Waals surface area contributed by atoms with E-state index in [0.717, 1.165) is 10.9 Å². The second-order valence-electron chi connectivity index (χ2n) is 6.94. The second-order valence-corrected chi connectivity index (χ2v) is 6.94. The number of amides is 1. The van der Waals surface area contributed by atoms with Gasteiger partial charge in [0.05, 0.1) is 11.3 Å². The molecule has 1 N–H and O–H groups in total. The molecule has 1 amide bonds. The van der Waals surface area contributed by atoms with E-state index in [1.165, 1.54) is 0 Å². The monoisotopic (exact) mass is 381 g/mol. The molecule has 29 heavy (non-hydrogen) atoms. The lowest BCUT2D eigenvalue weighted by Gasteiger charge is -2.20. The van der Waals surface area contributed by atoms with Crippen LogP contribution in [-0.4, -0.2) is 17.5 Å². The molecule has 0 fully saturated rings. The number of carbonyl (C=O) groups excluding carboxylic acids is 3. The van der Waals surface area contributed by atoms with E-state index in [1.807, 2.05) is 25.1 Å². The highest BCUT2D eigenvalue weighted by atomic mass is 16.3. The van der Waals surface area contributed by atoms with Gasteiger partial charge in [0.15, 0.2) is 17.3 Å². The average Bonchev–Trinajstić information content (AvgIpc) is 3.09. The van der Waals surface area contributed by atoms with Crippen molar-refractivity contribution in [3.05, 3.63) is 100 Å². The van der Waals surface area contributed by atoms with Gasteiger partial charge >= 0.3 is 0 Å². The van der Waals surface area contributed by atoms with Crippen molar-refractivity contribution in [2.45, 2.75) is 6.92 Å². The summed E-state index contributed by atoms with van der Waals surface area (Å²) >= 11 is 0. The van der Waals surface area contributed by atoms with Crippen LogP contribution in [0.3, 0.4) is 0 Å². The molecule has 1 aromatic heterocycles. The summed E-state index contributed by atoms with van der Waals surface area (Å²) in [4.78, 5) is 38.8. The molecule has 0 spiro atoms. The van der Waals surface area contributed by atoms with Gasteiger partial charge in [0.1, 0.15) is 5.58 Å². The highest BCUT2D eigenvalue weighted by Crippen LogP contribution is 2.33. The minimum atomic E-state index is -0.466. The summed E-state index contributed by atoms with van der Waals surface area (Å²) in [5.41, 5.74) is 2.83. The zero-order chi connectivity index (χ0) is 20.1. The van der Waals surface area contributed by atoms with Crippen molar-refractivity contribution in [2.24, 2.45) is 0 Å². The molecule has 5 heteroatoms. The van der Waals surface area contributed by atoms with E-state index < -0.39 is 5.91 Å². The third-order valence-corrected chi connectivity index (χ3v) is 5.25. The molecule has 5 rings (SSSR count). The number of nitrogens with one attached hydrogen (secondary N) is 1. The Morgan fingerprint density at radius 1 is 0.793 bits per heavy atom.